The minimum Gasteiger partial charge on any atom is -0.492 e. The summed E-state index contributed by atoms with van der Waals surface area (Å²) in [6.07, 6.45) is 0. The van der Waals surface area contributed by atoms with Gasteiger partial charge in [0.2, 0.25) is 0 Å². The summed E-state index contributed by atoms with van der Waals surface area (Å²) in [6, 6.07) is 23.7. The standard InChI is InChI=1S/C24H20N2O3S/c1-2-29-22-15-9-8-14-20(22)26-23(28)18-12-6-7-13-19(18)25-24(26)30-16-21(27)17-10-4-3-5-11-17/h3-15H,2,16H2,1H3. The Labute approximate surface area is 178 Å². The monoisotopic (exact) mass is 416 g/mol. The van der Waals surface area contributed by atoms with Crippen molar-refractivity contribution in [1.29, 1.82) is 0 Å². The van der Waals surface area contributed by atoms with Crippen LogP contribution in [0.4, 0.5) is 0 Å². The molecule has 0 unspecified atom stereocenters. The Morgan fingerprint density at radius 1 is 0.967 bits per heavy atom. The highest BCUT2D eigenvalue weighted by molar-refractivity contribution is 7.99. The van der Waals surface area contributed by atoms with E-state index in [2.05, 4.69) is 0 Å². The van der Waals surface area contributed by atoms with Gasteiger partial charge in [-0.1, -0.05) is 66.4 Å². The molecule has 0 spiro atoms. The summed E-state index contributed by atoms with van der Waals surface area (Å²) >= 11 is 1.25. The molecular weight excluding hydrogens is 396 g/mol. The number of ether oxygens (including phenoxy) is 1. The van der Waals surface area contributed by atoms with E-state index in [-0.39, 0.29) is 17.1 Å². The van der Waals surface area contributed by atoms with Crippen LogP contribution in [0.15, 0.2) is 88.8 Å². The number of hydrogen-bond donors (Lipinski definition) is 0. The average molecular weight is 417 g/mol. The molecular formula is C24H20N2O3S. The lowest BCUT2D eigenvalue weighted by atomic mass is 10.2. The first-order chi connectivity index (χ1) is 14.7. The van der Waals surface area contributed by atoms with Crippen molar-refractivity contribution >= 4 is 28.4 Å². The molecule has 150 valence electrons. The van der Waals surface area contributed by atoms with Gasteiger partial charge in [-0.05, 0) is 31.2 Å². The lowest BCUT2D eigenvalue weighted by Gasteiger charge is -2.16. The fourth-order valence-corrected chi connectivity index (χ4v) is 4.08. The van der Waals surface area contributed by atoms with Crippen molar-refractivity contribution in [3.8, 4) is 11.4 Å². The Balaban J connectivity index is 1.81. The van der Waals surface area contributed by atoms with Crippen LogP contribution in [0.1, 0.15) is 17.3 Å². The summed E-state index contributed by atoms with van der Waals surface area (Å²) in [5.74, 6) is 0.745. The Bertz CT molecular complexity index is 1250. The number of hydrogen-bond acceptors (Lipinski definition) is 5. The number of carbonyl (C=O) groups is 1. The molecule has 4 aromatic rings. The van der Waals surface area contributed by atoms with Crippen molar-refractivity contribution in [1.82, 2.24) is 9.55 Å². The lowest BCUT2D eigenvalue weighted by molar-refractivity contribution is 0.102. The molecule has 0 aliphatic carbocycles. The second kappa shape index (κ2) is 8.97. The molecule has 0 atom stereocenters. The lowest BCUT2D eigenvalue weighted by Crippen LogP contribution is -2.23. The van der Waals surface area contributed by atoms with Gasteiger partial charge < -0.3 is 4.74 Å². The van der Waals surface area contributed by atoms with Crippen molar-refractivity contribution in [3.05, 3.63) is 94.8 Å². The van der Waals surface area contributed by atoms with Crippen LogP contribution < -0.4 is 10.3 Å². The topological polar surface area (TPSA) is 61.2 Å². The quantitative estimate of drug-likeness (QED) is 0.247. The molecule has 1 aromatic heterocycles. The number of fused-ring (bicyclic) bond motifs is 1. The van der Waals surface area contributed by atoms with Crippen LogP contribution in [-0.2, 0) is 0 Å². The highest BCUT2D eigenvalue weighted by Gasteiger charge is 2.17. The summed E-state index contributed by atoms with van der Waals surface area (Å²) in [6.45, 7) is 2.37. The molecule has 0 N–H and O–H groups in total. The van der Waals surface area contributed by atoms with E-state index in [1.807, 2.05) is 61.5 Å². The van der Waals surface area contributed by atoms with Crippen molar-refractivity contribution in [2.75, 3.05) is 12.4 Å². The van der Waals surface area contributed by atoms with E-state index in [4.69, 9.17) is 9.72 Å². The Morgan fingerprint density at radius 2 is 1.67 bits per heavy atom. The maximum absolute atomic E-state index is 13.4. The zero-order valence-electron chi connectivity index (χ0n) is 16.4. The van der Waals surface area contributed by atoms with Crippen LogP contribution in [-0.4, -0.2) is 27.7 Å². The molecule has 0 fully saturated rings. The number of aromatic nitrogens is 2. The maximum atomic E-state index is 13.4. The Hall–Kier alpha value is -3.38. The summed E-state index contributed by atoms with van der Waals surface area (Å²) in [7, 11) is 0. The van der Waals surface area contributed by atoms with E-state index in [9.17, 15) is 9.59 Å². The van der Waals surface area contributed by atoms with Crippen molar-refractivity contribution in [3.63, 3.8) is 0 Å². The number of benzene rings is 3. The van der Waals surface area contributed by atoms with Gasteiger partial charge in [-0.2, -0.15) is 0 Å². The predicted molar refractivity (Wildman–Crippen MR) is 120 cm³/mol. The Kier molecular flexibility index (Phi) is 5.95. The van der Waals surface area contributed by atoms with Gasteiger partial charge in [0.25, 0.3) is 5.56 Å². The molecule has 6 heteroatoms. The first-order valence-corrected chi connectivity index (χ1v) is 10.6. The number of carbonyl (C=O) groups excluding carboxylic acids is 1. The second-order valence-electron chi connectivity index (χ2n) is 6.53. The van der Waals surface area contributed by atoms with Gasteiger partial charge in [-0.3, -0.25) is 14.2 Å². The van der Waals surface area contributed by atoms with Crippen LogP contribution >= 0.6 is 11.8 Å². The van der Waals surface area contributed by atoms with E-state index in [0.717, 1.165) is 0 Å². The smallest absolute Gasteiger partial charge is 0.266 e. The van der Waals surface area contributed by atoms with Gasteiger partial charge in [0.15, 0.2) is 10.9 Å². The largest absolute Gasteiger partial charge is 0.492 e. The first kappa shape index (κ1) is 19.9. The number of rotatable bonds is 7. The molecule has 0 radical (unpaired) electrons. The van der Waals surface area contributed by atoms with Gasteiger partial charge in [-0.25, -0.2) is 4.98 Å². The summed E-state index contributed by atoms with van der Waals surface area (Å²) in [5, 5.41) is 0.970. The molecule has 0 saturated carbocycles. The van der Waals surface area contributed by atoms with Gasteiger partial charge in [-0.15, -0.1) is 0 Å². The third kappa shape index (κ3) is 4.00. The van der Waals surface area contributed by atoms with Crippen molar-refractivity contribution in [2.45, 2.75) is 12.1 Å². The minimum absolute atomic E-state index is 0.0207. The van der Waals surface area contributed by atoms with Crippen LogP contribution in [0.2, 0.25) is 0 Å². The molecule has 0 aliphatic heterocycles. The van der Waals surface area contributed by atoms with Gasteiger partial charge in [0, 0.05) is 5.56 Å². The molecule has 0 amide bonds. The number of Topliss-reactive ketones (excluding diaryl/α,β-unsaturated/α-hetero) is 1. The van der Waals surface area contributed by atoms with Crippen LogP contribution in [0.5, 0.6) is 5.75 Å². The van der Waals surface area contributed by atoms with Crippen molar-refractivity contribution < 1.29 is 9.53 Å². The molecule has 0 bridgehead atoms. The minimum atomic E-state index is -0.192. The van der Waals surface area contributed by atoms with E-state index >= 15 is 0 Å². The van der Waals surface area contributed by atoms with Gasteiger partial charge in [0.05, 0.1) is 29.0 Å². The predicted octanol–water partition coefficient (Wildman–Crippen LogP) is 4.76. The molecule has 0 saturated heterocycles. The van der Waals surface area contributed by atoms with E-state index in [0.29, 0.717) is 39.7 Å². The molecule has 1 heterocycles. The normalized spacial score (nSPS) is 10.8. The van der Waals surface area contributed by atoms with E-state index < -0.39 is 0 Å². The SMILES string of the molecule is CCOc1ccccc1-n1c(SCC(=O)c2ccccc2)nc2ccccc2c1=O. The molecule has 4 rings (SSSR count). The third-order valence-electron chi connectivity index (χ3n) is 4.58. The molecule has 3 aromatic carbocycles. The number of nitrogens with zero attached hydrogens (tertiary/aromatic N) is 2. The second-order valence-corrected chi connectivity index (χ2v) is 7.47. The molecule has 0 aliphatic rings. The zero-order chi connectivity index (χ0) is 20.9. The fraction of sp³-hybridized carbons (Fsp3) is 0.125. The number of para-hydroxylation sites is 3. The van der Waals surface area contributed by atoms with Gasteiger partial charge in [0.1, 0.15) is 5.75 Å². The Morgan fingerprint density at radius 3 is 2.47 bits per heavy atom. The van der Waals surface area contributed by atoms with Crippen LogP contribution in [0.3, 0.4) is 0 Å². The average Bonchev–Trinajstić information content (AvgIpc) is 2.79. The summed E-state index contributed by atoms with van der Waals surface area (Å²) in [5.41, 5.74) is 1.65. The summed E-state index contributed by atoms with van der Waals surface area (Å²) in [4.78, 5) is 30.7. The molecule has 30 heavy (non-hydrogen) atoms. The van der Waals surface area contributed by atoms with E-state index in [1.165, 1.54) is 16.3 Å². The zero-order valence-corrected chi connectivity index (χ0v) is 17.3. The highest BCUT2D eigenvalue weighted by atomic mass is 32.2. The maximum Gasteiger partial charge on any atom is 0.266 e. The fourth-order valence-electron chi connectivity index (χ4n) is 3.18. The third-order valence-corrected chi connectivity index (χ3v) is 5.52. The number of thioether (sulfide) groups is 1. The number of ketones is 1. The van der Waals surface area contributed by atoms with Gasteiger partial charge >= 0.3 is 0 Å². The van der Waals surface area contributed by atoms with E-state index in [1.54, 1.807) is 24.3 Å². The highest BCUT2D eigenvalue weighted by Crippen LogP contribution is 2.27. The first-order valence-electron chi connectivity index (χ1n) is 9.64. The molecule has 5 nitrogen and oxygen atoms in total. The van der Waals surface area contributed by atoms with Crippen molar-refractivity contribution in [2.24, 2.45) is 0 Å². The summed E-state index contributed by atoms with van der Waals surface area (Å²) < 4.78 is 7.28. The van der Waals surface area contributed by atoms with Crippen LogP contribution in [0, 0.1) is 0 Å². The van der Waals surface area contributed by atoms with Crippen LogP contribution in [0.25, 0.3) is 16.6 Å².